The van der Waals surface area contributed by atoms with Crippen LogP contribution < -0.4 is 5.32 Å². The van der Waals surface area contributed by atoms with Crippen molar-refractivity contribution in [2.45, 2.75) is 45.6 Å². The number of nitrogens with one attached hydrogen (secondary N) is 1. The minimum absolute atomic E-state index is 0.307. The number of rotatable bonds is 5. The van der Waals surface area contributed by atoms with E-state index in [1.54, 1.807) is 11.3 Å². The maximum atomic E-state index is 3.47. The molecule has 0 radical (unpaired) electrons. The highest BCUT2D eigenvalue weighted by Crippen LogP contribution is 2.28. The van der Waals surface area contributed by atoms with Crippen LogP contribution in [0.2, 0.25) is 0 Å². The van der Waals surface area contributed by atoms with Gasteiger partial charge >= 0.3 is 0 Å². The van der Waals surface area contributed by atoms with Crippen molar-refractivity contribution in [3.63, 3.8) is 0 Å². The fourth-order valence-corrected chi connectivity index (χ4v) is 2.32. The quantitative estimate of drug-likeness (QED) is 0.787. The Balaban J connectivity index is 2.42. The third-order valence-electron chi connectivity index (χ3n) is 2.61. The topological polar surface area (TPSA) is 12.0 Å². The molecule has 1 aromatic heterocycles. The van der Waals surface area contributed by atoms with Gasteiger partial charge in [-0.05, 0) is 40.8 Å². The SMILES string of the molecule is CC(C)NCCC(C)(C)c1ccsc1. The maximum Gasteiger partial charge on any atom is 0.00103 e. The van der Waals surface area contributed by atoms with E-state index in [9.17, 15) is 0 Å². The first-order chi connectivity index (χ1) is 6.52. The van der Waals surface area contributed by atoms with E-state index in [2.05, 4.69) is 49.8 Å². The van der Waals surface area contributed by atoms with E-state index in [1.807, 2.05) is 0 Å². The molecule has 0 aliphatic rings. The minimum Gasteiger partial charge on any atom is -0.315 e. The lowest BCUT2D eigenvalue weighted by molar-refractivity contribution is 0.442. The van der Waals surface area contributed by atoms with Gasteiger partial charge in [0.2, 0.25) is 0 Å². The van der Waals surface area contributed by atoms with Gasteiger partial charge in [0.15, 0.2) is 0 Å². The van der Waals surface area contributed by atoms with Crippen molar-refractivity contribution in [2.24, 2.45) is 0 Å². The molecule has 0 saturated heterocycles. The molecule has 0 unspecified atom stereocenters. The molecule has 0 aromatic carbocycles. The van der Waals surface area contributed by atoms with Crippen molar-refractivity contribution in [2.75, 3.05) is 6.54 Å². The predicted molar refractivity (Wildman–Crippen MR) is 65.1 cm³/mol. The number of hydrogen-bond donors (Lipinski definition) is 1. The van der Waals surface area contributed by atoms with E-state index in [4.69, 9.17) is 0 Å². The molecule has 1 aromatic rings. The lowest BCUT2D eigenvalue weighted by Gasteiger charge is -2.24. The van der Waals surface area contributed by atoms with Gasteiger partial charge in [0.1, 0.15) is 0 Å². The average Bonchev–Trinajstić information content (AvgIpc) is 2.54. The summed E-state index contributed by atoms with van der Waals surface area (Å²) in [5, 5.41) is 7.89. The van der Waals surface area contributed by atoms with Gasteiger partial charge in [0, 0.05) is 6.04 Å². The average molecular weight is 211 g/mol. The number of hydrogen-bond acceptors (Lipinski definition) is 2. The van der Waals surface area contributed by atoms with E-state index in [0.29, 0.717) is 11.5 Å². The predicted octanol–water partition coefficient (Wildman–Crippen LogP) is 3.41. The first-order valence-corrected chi connectivity index (χ1v) is 6.23. The second-order valence-corrected chi connectivity index (χ2v) is 5.53. The Kier molecular flexibility index (Phi) is 4.14. The molecule has 0 spiro atoms. The first kappa shape index (κ1) is 11.7. The molecule has 1 nitrogen and oxygen atoms in total. The van der Waals surface area contributed by atoms with Gasteiger partial charge in [-0.2, -0.15) is 11.3 Å². The Morgan fingerprint density at radius 3 is 2.64 bits per heavy atom. The third kappa shape index (κ3) is 3.43. The van der Waals surface area contributed by atoms with E-state index in [1.165, 1.54) is 12.0 Å². The van der Waals surface area contributed by atoms with E-state index < -0.39 is 0 Å². The third-order valence-corrected chi connectivity index (χ3v) is 3.29. The normalized spacial score (nSPS) is 12.4. The smallest absolute Gasteiger partial charge is 0.00103 e. The summed E-state index contributed by atoms with van der Waals surface area (Å²) in [6.45, 7) is 10.1. The molecule has 1 rings (SSSR count). The molecule has 0 atom stereocenters. The maximum absolute atomic E-state index is 3.47. The molecule has 0 fully saturated rings. The molecule has 0 bridgehead atoms. The van der Waals surface area contributed by atoms with Crippen LogP contribution in [0.25, 0.3) is 0 Å². The molecule has 1 heterocycles. The number of thiophene rings is 1. The molecule has 0 aliphatic carbocycles. The molecular formula is C12H21NS. The summed E-state index contributed by atoms with van der Waals surface area (Å²) in [4.78, 5) is 0. The van der Waals surface area contributed by atoms with Gasteiger partial charge in [-0.15, -0.1) is 0 Å². The van der Waals surface area contributed by atoms with Gasteiger partial charge in [-0.3, -0.25) is 0 Å². The van der Waals surface area contributed by atoms with Crippen molar-refractivity contribution in [3.05, 3.63) is 22.4 Å². The molecule has 0 amide bonds. The molecule has 0 saturated carbocycles. The van der Waals surface area contributed by atoms with Gasteiger partial charge < -0.3 is 5.32 Å². The van der Waals surface area contributed by atoms with Crippen molar-refractivity contribution in [3.8, 4) is 0 Å². The lowest BCUT2D eigenvalue weighted by atomic mass is 9.83. The minimum atomic E-state index is 0.307. The highest BCUT2D eigenvalue weighted by Gasteiger charge is 2.20. The van der Waals surface area contributed by atoms with Crippen LogP contribution in [0.3, 0.4) is 0 Å². The summed E-state index contributed by atoms with van der Waals surface area (Å²) in [5.74, 6) is 0. The van der Waals surface area contributed by atoms with Crippen LogP contribution in [0.15, 0.2) is 16.8 Å². The standard InChI is InChI=1S/C12H21NS/c1-10(2)13-7-6-12(3,4)11-5-8-14-9-11/h5,8-10,13H,6-7H2,1-4H3. The fourth-order valence-electron chi connectivity index (χ4n) is 1.47. The molecule has 80 valence electrons. The Morgan fingerprint density at radius 1 is 1.43 bits per heavy atom. The Bertz CT molecular complexity index is 249. The van der Waals surface area contributed by atoms with Crippen LogP contribution >= 0.6 is 11.3 Å². The van der Waals surface area contributed by atoms with Gasteiger partial charge in [-0.1, -0.05) is 27.7 Å². The highest BCUT2D eigenvalue weighted by molar-refractivity contribution is 7.08. The zero-order chi connectivity index (χ0) is 10.6. The summed E-state index contributed by atoms with van der Waals surface area (Å²) in [7, 11) is 0. The zero-order valence-corrected chi connectivity index (χ0v) is 10.4. The highest BCUT2D eigenvalue weighted by atomic mass is 32.1. The van der Waals surface area contributed by atoms with Crippen molar-refractivity contribution >= 4 is 11.3 Å². The second-order valence-electron chi connectivity index (χ2n) is 4.75. The van der Waals surface area contributed by atoms with Crippen molar-refractivity contribution in [1.82, 2.24) is 5.32 Å². The molecule has 1 N–H and O–H groups in total. The molecular weight excluding hydrogens is 190 g/mol. The fraction of sp³-hybridized carbons (Fsp3) is 0.667. The largest absolute Gasteiger partial charge is 0.315 e. The van der Waals surface area contributed by atoms with E-state index >= 15 is 0 Å². The van der Waals surface area contributed by atoms with Crippen molar-refractivity contribution < 1.29 is 0 Å². The summed E-state index contributed by atoms with van der Waals surface area (Å²) >= 11 is 1.79. The van der Waals surface area contributed by atoms with Crippen LogP contribution in [0.1, 0.15) is 39.7 Å². The van der Waals surface area contributed by atoms with Crippen LogP contribution in [0, 0.1) is 0 Å². The first-order valence-electron chi connectivity index (χ1n) is 5.28. The van der Waals surface area contributed by atoms with E-state index in [0.717, 1.165) is 6.54 Å². The Hall–Kier alpha value is -0.340. The van der Waals surface area contributed by atoms with Gasteiger partial charge in [0.25, 0.3) is 0 Å². The lowest BCUT2D eigenvalue weighted by Crippen LogP contribution is -2.29. The summed E-state index contributed by atoms with van der Waals surface area (Å²) < 4.78 is 0. The monoisotopic (exact) mass is 211 g/mol. The zero-order valence-electron chi connectivity index (χ0n) is 9.63. The summed E-state index contributed by atoms with van der Waals surface area (Å²) in [6.07, 6.45) is 1.20. The summed E-state index contributed by atoms with van der Waals surface area (Å²) in [6, 6.07) is 2.83. The van der Waals surface area contributed by atoms with Crippen LogP contribution in [0.4, 0.5) is 0 Å². The molecule has 0 aliphatic heterocycles. The van der Waals surface area contributed by atoms with E-state index in [-0.39, 0.29) is 0 Å². The molecule has 14 heavy (non-hydrogen) atoms. The molecule has 2 heteroatoms. The van der Waals surface area contributed by atoms with Crippen LogP contribution in [0.5, 0.6) is 0 Å². The summed E-state index contributed by atoms with van der Waals surface area (Å²) in [5.41, 5.74) is 1.77. The van der Waals surface area contributed by atoms with Crippen molar-refractivity contribution in [1.29, 1.82) is 0 Å². The Labute approximate surface area is 91.5 Å². The van der Waals surface area contributed by atoms with Crippen LogP contribution in [-0.4, -0.2) is 12.6 Å². The van der Waals surface area contributed by atoms with Gasteiger partial charge in [-0.25, -0.2) is 0 Å². The second kappa shape index (κ2) is 4.94. The van der Waals surface area contributed by atoms with Gasteiger partial charge in [0.05, 0.1) is 0 Å². The Morgan fingerprint density at radius 2 is 2.14 bits per heavy atom. The van der Waals surface area contributed by atoms with Crippen LogP contribution in [-0.2, 0) is 5.41 Å².